The van der Waals surface area contributed by atoms with Crippen molar-refractivity contribution in [2.75, 3.05) is 7.11 Å². The molecule has 0 aliphatic carbocycles. The Hall–Kier alpha value is 0.477. The van der Waals surface area contributed by atoms with Crippen molar-refractivity contribution in [3.63, 3.8) is 0 Å². The minimum absolute atomic E-state index is 0. The second-order valence-corrected chi connectivity index (χ2v) is 1.54. The Labute approximate surface area is 69.0 Å². The molecule has 0 aromatic heterocycles. The van der Waals surface area contributed by atoms with E-state index < -0.39 is 6.29 Å². The summed E-state index contributed by atoms with van der Waals surface area (Å²) >= 11 is 0. The second-order valence-electron chi connectivity index (χ2n) is 1.54. The fourth-order valence-electron chi connectivity index (χ4n) is 0.333. The number of ether oxygens (including phenoxy) is 2. The van der Waals surface area contributed by atoms with E-state index in [1.54, 1.807) is 6.92 Å². The standard InChI is InChI=1S/C5H12O3.Li.H/c1-4(6)8-5(2)7-3;;/h4-6H,1-3H3;;/q;+1;-1. The van der Waals surface area contributed by atoms with Gasteiger partial charge in [-0.15, -0.1) is 0 Å². The maximum absolute atomic E-state index is 8.55. The Morgan fingerprint density at radius 3 is 2.00 bits per heavy atom. The summed E-state index contributed by atoms with van der Waals surface area (Å²) in [6.45, 7) is 3.25. The van der Waals surface area contributed by atoms with Crippen molar-refractivity contribution in [1.29, 1.82) is 0 Å². The molecule has 0 amide bonds. The van der Waals surface area contributed by atoms with Gasteiger partial charge in [-0.3, -0.25) is 0 Å². The van der Waals surface area contributed by atoms with Crippen LogP contribution in [0.4, 0.5) is 0 Å². The smallest absolute Gasteiger partial charge is 1.00 e. The van der Waals surface area contributed by atoms with Crippen LogP contribution in [0.5, 0.6) is 0 Å². The van der Waals surface area contributed by atoms with Crippen LogP contribution in [0.15, 0.2) is 0 Å². The first-order valence-electron chi connectivity index (χ1n) is 2.53. The van der Waals surface area contributed by atoms with Crippen molar-refractivity contribution >= 4 is 0 Å². The first kappa shape index (κ1) is 12.2. The summed E-state index contributed by atoms with van der Waals surface area (Å²) in [7, 11) is 1.52. The summed E-state index contributed by atoms with van der Waals surface area (Å²) in [4.78, 5) is 0. The van der Waals surface area contributed by atoms with Gasteiger partial charge in [0.25, 0.3) is 0 Å². The largest absolute Gasteiger partial charge is 1.00 e. The molecule has 0 spiro atoms. The molecule has 0 heterocycles. The molecule has 9 heavy (non-hydrogen) atoms. The zero-order valence-corrected chi connectivity index (χ0v) is 6.42. The average Bonchev–Trinajstić information content (AvgIpc) is 1.65. The molecule has 0 saturated heterocycles. The molecule has 0 saturated carbocycles. The topological polar surface area (TPSA) is 38.7 Å². The average molecular weight is 128 g/mol. The van der Waals surface area contributed by atoms with Crippen LogP contribution < -0.4 is 18.9 Å². The fourth-order valence-corrected chi connectivity index (χ4v) is 0.333. The Morgan fingerprint density at radius 1 is 1.44 bits per heavy atom. The van der Waals surface area contributed by atoms with E-state index >= 15 is 0 Å². The molecule has 4 heteroatoms. The third-order valence-electron chi connectivity index (χ3n) is 0.721. The van der Waals surface area contributed by atoms with E-state index in [9.17, 15) is 0 Å². The number of aliphatic hydroxyl groups excluding tert-OH is 1. The van der Waals surface area contributed by atoms with Gasteiger partial charge < -0.3 is 16.0 Å². The predicted molar refractivity (Wildman–Crippen MR) is 30.3 cm³/mol. The van der Waals surface area contributed by atoms with E-state index in [-0.39, 0.29) is 26.6 Å². The van der Waals surface area contributed by atoms with E-state index in [2.05, 4.69) is 4.74 Å². The normalized spacial score (nSPS) is 16.0. The van der Waals surface area contributed by atoms with Crippen LogP contribution in [-0.2, 0) is 9.47 Å². The summed E-state index contributed by atoms with van der Waals surface area (Å²) in [5, 5.41) is 8.55. The zero-order valence-electron chi connectivity index (χ0n) is 7.42. The van der Waals surface area contributed by atoms with Crippen molar-refractivity contribution in [2.24, 2.45) is 0 Å². The molecule has 0 aromatic rings. The third kappa shape index (κ3) is 8.48. The van der Waals surface area contributed by atoms with Gasteiger partial charge in [-0.05, 0) is 13.8 Å². The van der Waals surface area contributed by atoms with Crippen LogP contribution in [-0.4, -0.2) is 24.8 Å². The number of hydrogen-bond acceptors (Lipinski definition) is 3. The van der Waals surface area contributed by atoms with Gasteiger partial charge >= 0.3 is 18.9 Å². The molecule has 2 atom stereocenters. The molecular formula is C5H13LiO3. The molecule has 0 fully saturated rings. The molecule has 52 valence electrons. The van der Waals surface area contributed by atoms with Crippen LogP contribution in [0, 0.1) is 0 Å². The van der Waals surface area contributed by atoms with Gasteiger partial charge in [0.2, 0.25) is 0 Å². The van der Waals surface area contributed by atoms with Crippen LogP contribution in [0.2, 0.25) is 0 Å². The Kier molecular flexibility index (Phi) is 8.93. The number of hydrogen-bond donors (Lipinski definition) is 1. The molecule has 2 unspecified atom stereocenters. The third-order valence-corrected chi connectivity index (χ3v) is 0.721. The maximum Gasteiger partial charge on any atom is 1.00 e. The van der Waals surface area contributed by atoms with Gasteiger partial charge in [0.15, 0.2) is 12.6 Å². The first-order chi connectivity index (χ1) is 3.66. The molecule has 0 aliphatic heterocycles. The summed E-state index contributed by atoms with van der Waals surface area (Å²) in [5.41, 5.74) is 0. The zero-order chi connectivity index (χ0) is 6.57. The Bertz CT molecular complexity index is 62.9. The van der Waals surface area contributed by atoms with E-state index in [0.29, 0.717) is 0 Å². The van der Waals surface area contributed by atoms with E-state index in [4.69, 9.17) is 9.84 Å². The van der Waals surface area contributed by atoms with Crippen LogP contribution in [0.3, 0.4) is 0 Å². The summed E-state index contributed by atoms with van der Waals surface area (Å²) in [6.07, 6.45) is -1.07. The fraction of sp³-hybridized carbons (Fsp3) is 1.00. The number of aliphatic hydroxyl groups is 1. The Balaban J connectivity index is -0.000000245. The van der Waals surface area contributed by atoms with Crippen LogP contribution >= 0.6 is 0 Å². The number of rotatable bonds is 3. The minimum Gasteiger partial charge on any atom is -1.00 e. The van der Waals surface area contributed by atoms with Crippen molar-refractivity contribution < 1.29 is 34.9 Å². The Morgan fingerprint density at radius 2 is 1.89 bits per heavy atom. The summed E-state index contributed by atoms with van der Waals surface area (Å²) < 4.78 is 9.41. The van der Waals surface area contributed by atoms with E-state index in [1.807, 2.05) is 0 Å². The SMILES string of the molecule is COC(C)OC(C)O.[H-].[Li+]. The molecule has 0 radical (unpaired) electrons. The van der Waals surface area contributed by atoms with Crippen molar-refractivity contribution in [2.45, 2.75) is 26.4 Å². The summed E-state index contributed by atoms with van der Waals surface area (Å²) in [6, 6.07) is 0. The number of methoxy groups -OCH3 is 1. The van der Waals surface area contributed by atoms with Crippen LogP contribution in [0.25, 0.3) is 0 Å². The second kappa shape index (κ2) is 6.60. The molecule has 0 aromatic carbocycles. The molecule has 0 aliphatic rings. The van der Waals surface area contributed by atoms with Crippen molar-refractivity contribution in [1.82, 2.24) is 0 Å². The maximum atomic E-state index is 8.55. The quantitative estimate of drug-likeness (QED) is 0.336. The van der Waals surface area contributed by atoms with Gasteiger partial charge in [0.1, 0.15) is 0 Å². The van der Waals surface area contributed by atoms with Gasteiger partial charge in [0.05, 0.1) is 0 Å². The van der Waals surface area contributed by atoms with E-state index in [1.165, 1.54) is 14.0 Å². The van der Waals surface area contributed by atoms with Gasteiger partial charge in [-0.2, -0.15) is 0 Å². The minimum atomic E-state index is -0.745. The predicted octanol–water partition coefficient (Wildman–Crippen LogP) is -2.55. The van der Waals surface area contributed by atoms with Gasteiger partial charge in [-0.1, -0.05) is 0 Å². The molecule has 3 nitrogen and oxygen atoms in total. The molecule has 0 rings (SSSR count). The molecular weight excluding hydrogens is 115 g/mol. The molecule has 0 bridgehead atoms. The van der Waals surface area contributed by atoms with E-state index in [0.717, 1.165) is 0 Å². The van der Waals surface area contributed by atoms with Gasteiger partial charge in [0, 0.05) is 7.11 Å². The molecule has 1 N–H and O–H groups in total. The van der Waals surface area contributed by atoms with Crippen molar-refractivity contribution in [3.05, 3.63) is 0 Å². The van der Waals surface area contributed by atoms with Gasteiger partial charge in [-0.25, -0.2) is 0 Å². The van der Waals surface area contributed by atoms with Crippen LogP contribution in [0.1, 0.15) is 15.3 Å². The summed E-state index contributed by atoms with van der Waals surface area (Å²) in [5.74, 6) is 0. The first-order valence-corrected chi connectivity index (χ1v) is 2.53. The van der Waals surface area contributed by atoms with Crippen molar-refractivity contribution in [3.8, 4) is 0 Å². The monoisotopic (exact) mass is 128 g/mol.